The first kappa shape index (κ1) is 14.0. The van der Waals surface area contributed by atoms with E-state index in [1.54, 1.807) is 12.4 Å². The number of hydrogen-bond acceptors (Lipinski definition) is 3. The number of aromatic amines is 1. The number of carbonyl (C=O) groups excluding carboxylic acids is 1. The molecular weight excluding hydrogens is 288 g/mol. The molecule has 1 fully saturated rings. The van der Waals surface area contributed by atoms with Crippen LogP contribution < -0.4 is 5.32 Å². The lowest BCUT2D eigenvalue weighted by Crippen LogP contribution is -2.40. The predicted octanol–water partition coefficient (Wildman–Crippen LogP) is 2.19. The highest BCUT2D eigenvalue weighted by atomic mass is 16.2. The SMILES string of the molecule is N#Cc1cccc(C2(NC(=O)[C@H]3CCc4nc[nH]c4C3)CC2)c1. The van der Waals surface area contributed by atoms with Crippen LogP contribution in [0, 0.1) is 17.2 Å². The summed E-state index contributed by atoms with van der Waals surface area (Å²) in [4.78, 5) is 20.1. The Morgan fingerprint density at radius 2 is 2.30 bits per heavy atom. The lowest BCUT2D eigenvalue weighted by molar-refractivity contribution is -0.126. The minimum atomic E-state index is -0.266. The van der Waals surface area contributed by atoms with Crippen LogP contribution >= 0.6 is 0 Å². The highest BCUT2D eigenvalue weighted by molar-refractivity contribution is 5.80. The van der Waals surface area contributed by atoms with Crippen LogP contribution in [0.25, 0.3) is 0 Å². The lowest BCUT2D eigenvalue weighted by atomic mass is 9.88. The van der Waals surface area contributed by atoms with E-state index in [4.69, 9.17) is 5.26 Å². The van der Waals surface area contributed by atoms with E-state index in [-0.39, 0.29) is 17.4 Å². The van der Waals surface area contributed by atoms with E-state index in [0.717, 1.165) is 49.1 Å². The number of carbonyl (C=O) groups is 1. The molecule has 1 atom stereocenters. The molecular formula is C18H18N4O. The first-order chi connectivity index (χ1) is 11.2. The molecule has 1 saturated carbocycles. The molecule has 116 valence electrons. The van der Waals surface area contributed by atoms with Crippen molar-refractivity contribution >= 4 is 5.91 Å². The third-order valence-electron chi connectivity index (χ3n) is 5.02. The largest absolute Gasteiger partial charge is 0.348 e. The van der Waals surface area contributed by atoms with E-state index >= 15 is 0 Å². The fourth-order valence-electron chi connectivity index (χ4n) is 3.46. The van der Waals surface area contributed by atoms with Crippen LogP contribution in [0.2, 0.25) is 0 Å². The Labute approximate surface area is 134 Å². The second-order valence-electron chi connectivity index (χ2n) is 6.53. The van der Waals surface area contributed by atoms with Gasteiger partial charge in [-0.2, -0.15) is 5.26 Å². The third-order valence-corrected chi connectivity index (χ3v) is 5.02. The van der Waals surface area contributed by atoms with Gasteiger partial charge in [-0.05, 0) is 43.4 Å². The van der Waals surface area contributed by atoms with Gasteiger partial charge in [0.2, 0.25) is 5.91 Å². The van der Waals surface area contributed by atoms with Gasteiger partial charge in [-0.15, -0.1) is 0 Å². The fraction of sp³-hybridized carbons (Fsp3) is 0.389. The number of rotatable bonds is 3. The van der Waals surface area contributed by atoms with Gasteiger partial charge in [0.25, 0.3) is 0 Å². The van der Waals surface area contributed by atoms with Crippen molar-refractivity contribution in [2.24, 2.45) is 5.92 Å². The first-order valence-electron chi connectivity index (χ1n) is 8.04. The van der Waals surface area contributed by atoms with E-state index in [1.807, 2.05) is 18.2 Å². The zero-order valence-corrected chi connectivity index (χ0v) is 12.8. The zero-order valence-electron chi connectivity index (χ0n) is 12.8. The number of imidazole rings is 1. The number of aryl methyl sites for hydroxylation is 1. The normalized spacial score (nSPS) is 21.1. The summed E-state index contributed by atoms with van der Waals surface area (Å²) in [5, 5.41) is 12.3. The van der Waals surface area contributed by atoms with E-state index in [1.165, 1.54) is 0 Å². The molecule has 0 unspecified atom stereocenters. The molecule has 23 heavy (non-hydrogen) atoms. The molecule has 0 aliphatic heterocycles. The van der Waals surface area contributed by atoms with Crippen molar-refractivity contribution in [3.05, 3.63) is 53.1 Å². The molecule has 5 nitrogen and oxygen atoms in total. The van der Waals surface area contributed by atoms with Crippen molar-refractivity contribution < 1.29 is 4.79 Å². The summed E-state index contributed by atoms with van der Waals surface area (Å²) in [5.74, 6) is 0.115. The maximum Gasteiger partial charge on any atom is 0.224 e. The third kappa shape index (κ3) is 2.50. The van der Waals surface area contributed by atoms with E-state index < -0.39 is 0 Å². The standard InChI is InChI=1S/C18H18N4O/c19-10-12-2-1-3-14(8-12)18(6-7-18)22-17(23)13-4-5-15-16(9-13)21-11-20-15/h1-3,8,11,13H,4-7,9H2,(H,20,21)(H,22,23)/t13-/m0/s1. The van der Waals surface area contributed by atoms with Crippen LogP contribution in [0.3, 0.4) is 0 Å². The molecule has 5 heteroatoms. The van der Waals surface area contributed by atoms with Gasteiger partial charge in [0.15, 0.2) is 0 Å². The van der Waals surface area contributed by atoms with Gasteiger partial charge in [0, 0.05) is 18.0 Å². The number of H-pyrrole nitrogens is 1. The molecule has 0 saturated heterocycles. The molecule has 4 rings (SSSR count). The summed E-state index contributed by atoms with van der Waals surface area (Å²) in [6.07, 6.45) is 6.02. The molecule has 2 aliphatic carbocycles. The van der Waals surface area contributed by atoms with Gasteiger partial charge in [-0.25, -0.2) is 4.98 Å². The van der Waals surface area contributed by atoms with Crippen LogP contribution in [0.1, 0.15) is 41.8 Å². The number of hydrogen-bond donors (Lipinski definition) is 2. The molecule has 1 heterocycles. The highest BCUT2D eigenvalue weighted by Crippen LogP contribution is 2.46. The topological polar surface area (TPSA) is 81.6 Å². The Kier molecular flexibility index (Phi) is 3.19. The minimum Gasteiger partial charge on any atom is -0.348 e. The summed E-state index contributed by atoms with van der Waals surface area (Å²) < 4.78 is 0. The maximum atomic E-state index is 12.7. The second kappa shape index (κ2) is 5.24. The first-order valence-corrected chi connectivity index (χ1v) is 8.04. The average molecular weight is 306 g/mol. The van der Waals surface area contributed by atoms with Gasteiger partial charge in [0.05, 0.1) is 29.2 Å². The Balaban J connectivity index is 1.49. The molecule has 2 aromatic rings. The second-order valence-corrected chi connectivity index (χ2v) is 6.53. The van der Waals surface area contributed by atoms with Gasteiger partial charge in [-0.1, -0.05) is 12.1 Å². The fourth-order valence-corrected chi connectivity index (χ4v) is 3.46. The van der Waals surface area contributed by atoms with E-state index in [2.05, 4.69) is 21.4 Å². The van der Waals surface area contributed by atoms with Gasteiger partial charge < -0.3 is 10.3 Å². The van der Waals surface area contributed by atoms with Crippen molar-refractivity contribution in [2.45, 2.75) is 37.6 Å². The van der Waals surface area contributed by atoms with Crippen LogP contribution in [0.4, 0.5) is 0 Å². The molecule has 1 aromatic carbocycles. The van der Waals surface area contributed by atoms with E-state index in [0.29, 0.717) is 5.56 Å². The van der Waals surface area contributed by atoms with Crippen LogP contribution in [-0.2, 0) is 23.2 Å². The summed E-state index contributed by atoms with van der Waals surface area (Å²) in [5.41, 5.74) is 3.61. The highest BCUT2D eigenvalue weighted by Gasteiger charge is 2.46. The summed E-state index contributed by atoms with van der Waals surface area (Å²) in [6, 6.07) is 9.74. The Hall–Kier alpha value is -2.61. The van der Waals surface area contributed by atoms with Gasteiger partial charge in [-0.3, -0.25) is 4.79 Å². The van der Waals surface area contributed by atoms with Crippen molar-refractivity contribution in [3.63, 3.8) is 0 Å². The molecule has 2 aliphatic rings. The van der Waals surface area contributed by atoms with Crippen molar-refractivity contribution in [1.29, 1.82) is 5.26 Å². The Morgan fingerprint density at radius 3 is 3.09 bits per heavy atom. The van der Waals surface area contributed by atoms with Crippen LogP contribution in [0.15, 0.2) is 30.6 Å². The Bertz CT molecular complexity index is 797. The number of amides is 1. The predicted molar refractivity (Wildman–Crippen MR) is 84.3 cm³/mol. The van der Waals surface area contributed by atoms with Crippen molar-refractivity contribution in [2.75, 3.05) is 0 Å². The smallest absolute Gasteiger partial charge is 0.224 e. The zero-order chi connectivity index (χ0) is 15.9. The molecule has 1 amide bonds. The van der Waals surface area contributed by atoms with Crippen LogP contribution in [0.5, 0.6) is 0 Å². The number of benzene rings is 1. The number of nitrogens with one attached hydrogen (secondary N) is 2. The average Bonchev–Trinajstić information content (AvgIpc) is 3.21. The van der Waals surface area contributed by atoms with Gasteiger partial charge >= 0.3 is 0 Å². The summed E-state index contributed by atoms with van der Waals surface area (Å²) in [6.45, 7) is 0. The molecule has 1 aromatic heterocycles. The number of nitriles is 1. The number of nitrogens with zero attached hydrogens (tertiary/aromatic N) is 2. The van der Waals surface area contributed by atoms with Crippen molar-refractivity contribution in [1.82, 2.24) is 15.3 Å². The minimum absolute atomic E-state index is 0.000394. The molecule has 2 N–H and O–H groups in total. The number of fused-ring (bicyclic) bond motifs is 1. The summed E-state index contributed by atoms with van der Waals surface area (Å²) in [7, 11) is 0. The molecule has 0 bridgehead atoms. The maximum absolute atomic E-state index is 12.7. The lowest BCUT2D eigenvalue weighted by Gasteiger charge is -2.25. The number of aromatic nitrogens is 2. The monoisotopic (exact) mass is 306 g/mol. The molecule has 0 spiro atoms. The van der Waals surface area contributed by atoms with Crippen molar-refractivity contribution in [3.8, 4) is 6.07 Å². The van der Waals surface area contributed by atoms with E-state index in [9.17, 15) is 4.79 Å². The quantitative estimate of drug-likeness (QED) is 0.912. The van der Waals surface area contributed by atoms with Crippen LogP contribution in [-0.4, -0.2) is 15.9 Å². The van der Waals surface area contributed by atoms with Gasteiger partial charge in [0.1, 0.15) is 0 Å². The Morgan fingerprint density at radius 1 is 1.43 bits per heavy atom. The summed E-state index contributed by atoms with van der Waals surface area (Å²) >= 11 is 0. The molecule has 0 radical (unpaired) electrons.